The first-order valence-corrected chi connectivity index (χ1v) is 5.03. The normalized spacial score (nSPS) is 10.4. The number of methoxy groups -OCH3 is 1. The van der Waals surface area contributed by atoms with Crippen LogP contribution in [0, 0.1) is 0 Å². The van der Waals surface area contributed by atoms with Gasteiger partial charge >= 0.3 is 0 Å². The molecule has 0 saturated carbocycles. The molecule has 2 nitrogen and oxygen atoms in total. The highest BCUT2D eigenvalue weighted by Gasteiger charge is 2.03. The van der Waals surface area contributed by atoms with Crippen LogP contribution < -0.4 is 10.5 Å². The topological polar surface area (TPSA) is 35.2 Å². The number of hydrogen-bond donors (Lipinski definition) is 1. The third-order valence-electron chi connectivity index (χ3n) is 2.19. The van der Waals surface area contributed by atoms with Crippen LogP contribution in [-0.2, 0) is 0 Å². The van der Waals surface area contributed by atoms with Crippen LogP contribution in [0.15, 0.2) is 34.8 Å². The molecule has 2 rings (SSSR count). The zero-order valence-electron chi connectivity index (χ0n) is 7.75. The van der Waals surface area contributed by atoms with Gasteiger partial charge in [-0.15, -0.1) is 0 Å². The Hall–Kier alpha value is -1.22. The van der Waals surface area contributed by atoms with Crippen molar-refractivity contribution in [1.82, 2.24) is 0 Å². The number of ether oxygens (including phenoxy) is 1. The summed E-state index contributed by atoms with van der Waals surface area (Å²) in [5.74, 6) is 0.837. The summed E-state index contributed by atoms with van der Waals surface area (Å²) >= 11 is 3.46. The lowest BCUT2D eigenvalue weighted by Gasteiger charge is -2.06. The molecule has 14 heavy (non-hydrogen) atoms. The summed E-state index contributed by atoms with van der Waals surface area (Å²) < 4.78 is 6.08. The average molecular weight is 252 g/mol. The Morgan fingerprint density at radius 2 is 1.93 bits per heavy atom. The summed E-state index contributed by atoms with van der Waals surface area (Å²) in [6.45, 7) is 0. The second-order valence-electron chi connectivity index (χ2n) is 3.06. The predicted octanol–water partition coefficient (Wildman–Crippen LogP) is 3.19. The third-order valence-corrected chi connectivity index (χ3v) is 3.08. The Morgan fingerprint density at radius 3 is 2.64 bits per heavy atom. The van der Waals surface area contributed by atoms with E-state index >= 15 is 0 Å². The Kier molecular flexibility index (Phi) is 2.33. The molecule has 0 heterocycles. The monoisotopic (exact) mass is 251 g/mol. The molecular weight excluding hydrogens is 242 g/mol. The summed E-state index contributed by atoms with van der Waals surface area (Å²) in [6, 6.07) is 9.80. The standard InChI is InChI=1S/C11H10BrNO/c1-14-8-4-2-7-3-5-10(13)11(12)9(7)6-8/h2-6H,13H2,1H3. The van der Waals surface area contributed by atoms with E-state index < -0.39 is 0 Å². The Bertz CT molecular complexity index is 482. The minimum absolute atomic E-state index is 0.741. The maximum Gasteiger partial charge on any atom is 0.119 e. The lowest BCUT2D eigenvalue weighted by atomic mass is 10.1. The molecule has 2 aromatic rings. The van der Waals surface area contributed by atoms with Crippen LogP contribution in [0.4, 0.5) is 5.69 Å². The molecule has 0 aromatic heterocycles. The van der Waals surface area contributed by atoms with Gasteiger partial charge in [-0.05, 0) is 39.5 Å². The van der Waals surface area contributed by atoms with Crippen molar-refractivity contribution < 1.29 is 4.74 Å². The van der Waals surface area contributed by atoms with Crippen LogP contribution in [0.1, 0.15) is 0 Å². The van der Waals surface area contributed by atoms with Crippen LogP contribution in [0.2, 0.25) is 0 Å². The van der Waals surface area contributed by atoms with E-state index in [-0.39, 0.29) is 0 Å². The Balaban J connectivity index is 2.78. The molecule has 2 aromatic carbocycles. The van der Waals surface area contributed by atoms with Crippen molar-refractivity contribution in [2.24, 2.45) is 0 Å². The molecule has 0 spiro atoms. The summed E-state index contributed by atoms with van der Waals surface area (Å²) in [4.78, 5) is 0. The van der Waals surface area contributed by atoms with E-state index in [1.807, 2.05) is 30.3 Å². The number of fused-ring (bicyclic) bond motifs is 1. The molecule has 0 radical (unpaired) electrons. The first kappa shape index (κ1) is 9.34. The number of benzene rings is 2. The number of rotatable bonds is 1. The van der Waals surface area contributed by atoms with E-state index in [0.717, 1.165) is 26.7 Å². The van der Waals surface area contributed by atoms with Gasteiger partial charge in [-0.25, -0.2) is 0 Å². The highest BCUT2D eigenvalue weighted by molar-refractivity contribution is 9.10. The van der Waals surface area contributed by atoms with Crippen LogP contribution in [-0.4, -0.2) is 7.11 Å². The maximum atomic E-state index is 5.79. The SMILES string of the molecule is COc1ccc2ccc(N)c(Br)c2c1. The molecule has 0 fully saturated rings. The average Bonchev–Trinajstić information content (AvgIpc) is 2.23. The molecule has 0 amide bonds. The second kappa shape index (κ2) is 3.50. The van der Waals surface area contributed by atoms with E-state index in [0.29, 0.717) is 0 Å². The summed E-state index contributed by atoms with van der Waals surface area (Å²) in [5, 5.41) is 2.22. The van der Waals surface area contributed by atoms with Crippen molar-refractivity contribution in [3.8, 4) is 5.75 Å². The molecule has 0 aliphatic carbocycles. The first-order chi connectivity index (χ1) is 6.72. The summed E-state index contributed by atoms with van der Waals surface area (Å²) in [5.41, 5.74) is 6.53. The van der Waals surface area contributed by atoms with Crippen molar-refractivity contribution in [2.75, 3.05) is 12.8 Å². The number of nitrogens with two attached hydrogens (primary N) is 1. The van der Waals surface area contributed by atoms with Gasteiger partial charge in [0.15, 0.2) is 0 Å². The van der Waals surface area contributed by atoms with Gasteiger partial charge in [0.2, 0.25) is 0 Å². The van der Waals surface area contributed by atoms with Gasteiger partial charge < -0.3 is 10.5 Å². The third kappa shape index (κ3) is 1.44. The molecule has 0 saturated heterocycles. The van der Waals surface area contributed by atoms with Crippen molar-refractivity contribution in [3.63, 3.8) is 0 Å². The van der Waals surface area contributed by atoms with Crippen LogP contribution in [0.5, 0.6) is 5.75 Å². The Labute approximate surface area is 90.8 Å². The Morgan fingerprint density at radius 1 is 1.21 bits per heavy atom. The fourth-order valence-corrected chi connectivity index (χ4v) is 1.88. The number of halogens is 1. The van der Waals surface area contributed by atoms with Gasteiger partial charge in [-0.1, -0.05) is 12.1 Å². The summed E-state index contributed by atoms with van der Waals surface area (Å²) in [7, 11) is 1.65. The smallest absolute Gasteiger partial charge is 0.119 e. The van der Waals surface area contributed by atoms with Gasteiger partial charge in [0.1, 0.15) is 5.75 Å². The van der Waals surface area contributed by atoms with Gasteiger partial charge in [-0.2, -0.15) is 0 Å². The van der Waals surface area contributed by atoms with Crippen molar-refractivity contribution in [2.45, 2.75) is 0 Å². The molecule has 72 valence electrons. The van der Waals surface area contributed by atoms with Crippen molar-refractivity contribution >= 4 is 32.4 Å². The maximum absolute atomic E-state index is 5.79. The van der Waals surface area contributed by atoms with E-state index in [4.69, 9.17) is 10.5 Å². The predicted molar refractivity (Wildman–Crippen MR) is 62.6 cm³/mol. The van der Waals surface area contributed by atoms with Gasteiger partial charge in [0, 0.05) is 15.5 Å². The van der Waals surface area contributed by atoms with E-state index in [1.165, 1.54) is 0 Å². The largest absolute Gasteiger partial charge is 0.497 e. The van der Waals surface area contributed by atoms with Gasteiger partial charge in [0.05, 0.1) is 7.11 Å². The number of nitrogen functional groups attached to an aromatic ring is 1. The molecule has 0 aliphatic heterocycles. The molecule has 0 atom stereocenters. The van der Waals surface area contributed by atoms with Gasteiger partial charge in [-0.3, -0.25) is 0 Å². The molecule has 2 N–H and O–H groups in total. The van der Waals surface area contributed by atoms with Crippen molar-refractivity contribution in [1.29, 1.82) is 0 Å². The van der Waals surface area contributed by atoms with Crippen LogP contribution in [0.3, 0.4) is 0 Å². The molecule has 0 unspecified atom stereocenters. The molecule has 0 bridgehead atoms. The van der Waals surface area contributed by atoms with E-state index in [2.05, 4.69) is 15.9 Å². The lowest BCUT2D eigenvalue weighted by Crippen LogP contribution is -1.88. The first-order valence-electron chi connectivity index (χ1n) is 4.24. The van der Waals surface area contributed by atoms with Gasteiger partial charge in [0.25, 0.3) is 0 Å². The van der Waals surface area contributed by atoms with E-state index in [1.54, 1.807) is 7.11 Å². The highest BCUT2D eigenvalue weighted by atomic mass is 79.9. The lowest BCUT2D eigenvalue weighted by molar-refractivity contribution is 0.415. The molecule has 0 aliphatic rings. The minimum Gasteiger partial charge on any atom is -0.497 e. The van der Waals surface area contributed by atoms with Crippen LogP contribution >= 0.6 is 15.9 Å². The van der Waals surface area contributed by atoms with Crippen LogP contribution in [0.25, 0.3) is 10.8 Å². The summed E-state index contributed by atoms with van der Waals surface area (Å²) in [6.07, 6.45) is 0. The fourth-order valence-electron chi connectivity index (χ4n) is 1.41. The molecule has 3 heteroatoms. The number of hydrogen-bond acceptors (Lipinski definition) is 2. The zero-order valence-corrected chi connectivity index (χ0v) is 9.34. The fraction of sp³-hybridized carbons (Fsp3) is 0.0909. The highest BCUT2D eigenvalue weighted by Crippen LogP contribution is 2.31. The zero-order chi connectivity index (χ0) is 10.1. The minimum atomic E-state index is 0.741. The number of anilines is 1. The second-order valence-corrected chi connectivity index (χ2v) is 3.85. The van der Waals surface area contributed by atoms with Crippen molar-refractivity contribution in [3.05, 3.63) is 34.8 Å². The molecular formula is C11H10BrNO. The quantitative estimate of drug-likeness (QED) is 0.791. The van der Waals surface area contributed by atoms with E-state index in [9.17, 15) is 0 Å².